The van der Waals surface area contributed by atoms with E-state index in [0.29, 0.717) is 11.3 Å². The Morgan fingerprint density at radius 2 is 1.82 bits per heavy atom. The van der Waals surface area contributed by atoms with Gasteiger partial charge in [-0.05, 0) is 52.4 Å². The van der Waals surface area contributed by atoms with Crippen LogP contribution in [0, 0.1) is 3.57 Å². The summed E-state index contributed by atoms with van der Waals surface area (Å²) in [5.74, 6) is 0. The van der Waals surface area contributed by atoms with Gasteiger partial charge in [0.15, 0.2) is 0 Å². The van der Waals surface area contributed by atoms with Crippen LogP contribution in [0.4, 0.5) is 0 Å². The number of benzene rings is 2. The van der Waals surface area contributed by atoms with Crippen molar-refractivity contribution in [3.63, 3.8) is 0 Å². The first-order valence-corrected chi connectivity index (χ1v) is 7.83. The fraction of sp³-hybridized carbons (Fsp3) is 0. The third-order valence-electron chi connectivity index (χ3n) is 3.29. The summed E-state index contributed by atoms with van der Waals surface area (Å²) in [5, 5.41) is 4.45. The van der Waals surface area contributed by atoms with Gasteiger partial charge in [0.25, 0.3) is 0 Å². The Labute approximate surface area is 142 Å². The zero-order chi connectivity index (χ0) is 15.5. The van der Waals surface area contributed by atoms with Crippen molar-refractivity contribution in [1.29, 1.82) is 0 Å². The number of nitrogens with zero attached hydrogens (tertiary/aromatic N) is 2. The van der Waals surface area contributed by atoms with Crippen molar-refractivity contribution in [3.8, 4) is 5.69 Å². The summed E-state index contributed by atoms with van der Waals surface area (Å²) in [4.78, 5) is 12.2. The molecule has 0 spiro atoms. The minimum atomic E-state index is -0.129. The van der Waals surface area contributed by atoms with Crippen molar-refractivity contribution in [2.75, 3.05) is 0 Å². The van der Waals surface area contributed by atoms with Crippen LogP contribution >= 0.6 is 22.6 Å². The van der Waals surface area contributed by atoms with Gasteiger partial charge in [-0.1, -0.05) is 36.9 Å². The number of para-hydroxylation sites is 1. The van der Waals surface area contributed by atoms with Gasteiger partial charge in [-0.2, -0.15) is 5.10 Å². The number of hydrogen-bond acceptors (Lipinski definition) is 2. The number of rotatable bonds is 3. The Morgan fingerprint density at radius 3 is 2.55 bits per heavy atom. The summed E-state index contributed by atoms with van der Waals surface area (Å²) in [7, 11) is 0. The van der Waals surface area contributed by atoms with Crippen LogP contribution in [-0.2, 0) is 0 Å². The van der Waals surface area contributed by atoms with E-state index in [1.54, 1.807) is 10.9 Å². The molecule has 0 N–H and O–H groups in total. The van der Waals surface area contributed by atoms with Crippen LogP contribution in [0.2, 0.25) is 0 Å². The molecule has 108 valence electrons. The lowest BCUT2D eigenvalue weighted by molar-refractivity contribution is 0.826. The molecule has 0 bridgehead atoms. The first kappa shape index (κ1) is 14.7. The molecule has 0 aliphatic rings. The second-order valence-electron chi connectivity index (χ2n) is 4.80. The number of halogens is 1. The van der Waals surface area contributed by atoms with Crippen molar-refractivity contribution >= 4 is 28.2 Å². The molecular weight excluding hydrogens is 387 g/mol. The highest BCUT2D eigenvalue weighted by Crippen LogP contribution is 2.19. The molecule has 22 heavy (non-hydrogen) atoms. The second kappa shape index (κ2) is 6.27. The van der Waals surface area contributed by atoms with Gasteiger partial charge in [-0.25, -0.2) is 4.68 Å². The minimum absolute atomic E-state index is 0.129. The summed E-state index contributed by atoms with van der Waals surface area (Å²) < 4.78 is 2.78. The predicted molar refractivity (Wildman–Crippen MR) is 97.1 cm³/mol. The lowest BCUT2D eigenvalue weighted by atomic mass is 10.0. The maximum absolute atomic E-state index is 12.2. The van der Waals surface area contributed by atoms with Gasteiger partial charge in [0.05, 0.1) is 5.69 Å². The largest absolute Gasteiger partial charge is 0.287 e. The fourth-order valence-corrected chi connectivity index (χ4v) is 2.70. The van der Waals surface area contributed by atoms with Gasteiger partial charge in [0.1, 0.15) is 5.69 Å². The van der Waals surface area contributed by atoms with Crippen LogP contribution in [0.3, 0.4) is 0 Å². The summed E-state index contributed by atoms with van der Waals surface area (Å²) in [6.07, 6.45) is 1.67. The topological polar surface area (TPSA) is 34.9 Å². The molecule has 0 amide bonds. The van der Waals surface area contributed by atoms with Crippen LogP contribution in [0.5, 0.6) is 0 Å². The molecule has 3 nitrogen and oxygen atoms in total. The third kappa shape index (κ3) is 3.01. The minimum Gasteiger partial charge on any atom is -0.287 e. The average Bonchev–Trinajstić information content (AvgIpc) is 2.55. The smallest absolute Gasteiger partial charge is 0.208 e. The molecule has 2 aromatic carbocycles. The Morgan fingerprint density at radius 1 is 1.05 bits per heavy atom. The van der Waals surface area contributed by atoms with Gasteiger partial charge >= 0.3 is 0 Å². The highest BCUT2D eigenvalue weighted by Gasteiger charge is 2.10. The van der Waals surface area contributed by atoms with E-state index in [1.165, 1.54) is 6.07 Å². The van der Waals surface area contributed by atoms with Crippen molar-refractivity contribution in [2.24, 2.45) is 0 Å². The van der Waals surface area contributed by atoms with E-state index < -0.39 is 0 Å². The molecule has 3 rings (SSSR count). The molecular formula is C18H13IN2O. The predicted octanol–water partition coefficient (Wildman–Crippen LogP) is 3.90. The number of hydrogen-bond donors (Lipinski definition) is 0. The van der Waals surface area contributed by atoms with Gasteiger partial charge in [-0.3, -0.25) is 4.79 Å². The molecule has 3 aromatic rings. The van der Waals surface area contributed by atoms with E-state index in [-0.39, 0.29) is 5.43 Å². The summed E-state index contributed by atoms with van der Waals surface area (Å²) in [5.41, 5.74) is 2.68. The van der Waals surface area contributed by atoms with Crippen molar-refractivity contribution in [2.45, 2.75) is 0 Å². The Bertz CT molecular complexity index is 885. The molecule has 1 aromatic heterocycles. The summed E-state index contributed by atoms with van der Waals surface area (Å²) >= 11 is 2.24. The molecule has 0 atom stereocenters. The fourth-order valence-electron chi connectivity index (χ4n) is 2.15. The van der Waals surface area contributed by atoms with E-state index >= 15 is 0 Å². The van der Waals surface area contributed by atoms with Gasteiger partial charge in [0.2, 0.25) is 5.43 Å². The van der Waals surface area contributed by atoms with Crippen molar-refractivity contribution in [1.82, 2.24) is 9.78 Å². The zero-order valence-corrected chi connectivity index (χ0v) is 13.9. The lowest BCUT2D eigenvalue weighted by Gasteiger charge is -2.09. The third-order valence-corrected chi connectivity index (χ3v) is 3.96. The first-order chi connectivity index (χ1) is 10.6. The van der Waals surface area contributed by atoms with Crippen LogP contribution in [0.25, 0.3) is 11.3 Å². The standard InChI is InChI=1S/C18H13IN2O/c1-13(14-6-5-7-15(19)12-14)18-17(22)10-11-21(20-18)16-8-3-2-4-9-16/h2-12H,1H2. The van der Waals surface area contributed by atoms with Crippen LogP contribution in [0.1, 0.15) is 11.3 Å². The highest BCUT2D eigenvalue weighted by molar-refractivity contribution is 14.1. The molecule has 1 heterocycles. The molecule has 0 radical (unpaired) electrons. The average molecular weight is 400 g/mol. The molecule has 0 aliphatic heterocycles. The lowest BCUT2D eigenvalue weighted by Crippen LogP contribution is -2.15. The van der Waals surface area contributed by atoms with Gasteiger partial charge in [0, 0.05) is 21.4 Å². The Kier molecular flexibility index (Phi) is 4.20. The molecule has 0 saturated heterocycles. The van der Waals surface area contributed by atoms with E-state index in [0.717, 1.165) is 14.8 Å². The van der Waals surface area contributed by atoms with Crippen molar-refractivity contribution < 1.29 is 0 Å². The quantitative estimate of drug-likeness (QED) is 0.626. The van der Waals surface area contributed by atoms with Crippen LogP contribution in [0.15, 0.2) is 78.2 Å². The second-order valence-corrected chi connectivity index (χ2v) is 6.04. The molecule has 0 unspecified atom stereocenters. The normalized spacial score (nSPS) is 10.4. The van der Waals surface area contributed by atoms with Gasteiger partial charge in [-0.15, -0.1) is 0 Å². The van der Waals surface area contributed by atoms with Crippen molar-refractivity contribution in [3.05, 3.63) is 98.5 Å². The van der Waals surface area contributed by atoms with E-state index in [4.69, 9.17) is 0 Å². The van der Waals surface area contributed by atoms with Crippen LogP contribution < -0.4 is 5.43 Å². The summed E-state index contributed by atoms with van der Waals surface area (Å²) in [6, 6.07) is 19.1. The molecule has 0 saturated carbocycles. The SMILES string of the molecule is C=C(c1cccc(I)c1)c1nn(-c2ccccc2)ccc1=O. The first-order valence-electron chi connectivity index (χ1n) is 6.76. The van der Waals surface area contributed by atoms with E-state index in [2.05, 4.69) is 34.3 Å². The molecule has 0 aliphatic carbocycles. The monoisotopic (exact) mass is 400 g/mol. The maximum atomic E-state index is 12.2. The number of aromatic nitrogens is 2. The van der Waals surface area contributed by atoms with Crippen LogP contribution in [-0.4, -0.2) is 9.78 Å². The van der Waals surface area contributed by atoms with Gasteiger partial charge < -0.3 is 0 Å². The maximum Gasteiger partial charge on any atom is 0.208 e. The molecule has 0 fully saturated rings. The van der Waals surface area contributed by atoms with E-state index in [1.807, 2.05) is 54.6 Å². The van der Waals surface area contributed by atoms with E-state index in [9.17, 15) is 4.79 Å². The Balaban J connectivity index is 2.07. The Hall–Kier alpha value is -2.21. The zero-order valence-electron chi connectivity index (χ0n) is 11.7. The summed E-state index contributed by atoms with van der Waals surface area (Å²) in [6.45, 7) is 4.05. The molecule has 4 heteroatoms. The highest BCUT2D eigenvalue weighted by atomic mass is 127.